The SMILES string of the molecule is C=C1CC[C@H](C(C)C)C=C[C@](C)(O)CC[C@@H]1OC(C)=O. The molecule has 1 aliphatic carbocycles. The summed E-state index contributed by atoms with van der Waals surface area (Å²) in [4.78, 5) is 11.2. The first-order chi connectivity index (χ1) is 9.21. The highest BCUT2D eigenvalue weighted by Gasteiger charge is 2.25. The summed E-state index contributed by atoms with van der Waals surface area (Å²) in [5.74, 6) is 0.638. The number of ether oxygens (including phenoxy) is 1. The molecule has 0 aromatic heterocycles. The Labute approximate surface area is 122 Å². The molecule has 1 rings (SSSR count). The average Bonchev–Trinajstić information content (AvgIpc) is 2.32. The van der Waals surface area contributed by atoms with Gasteiger partial charge in [-0.1, -0.05) is 32.6 Å². The maximum atomic E-state index is 11.2. The predicted molar refractivity (Wildman–Crippen MR) is 81.3 cm³/mol. The Morgan fingerprint density at radius 3 is 2.70 bits per heavy atom. The van der Waals surface area contributed by atoms with E-state index < -0.39 is 5.60 Å². The van der Waals surface area contributed by atoms with E-state index in [9.17, 15) is 9.90 Å². The van der Waals surface area contributed by atoms with E-state index in [-0.39, 0.29) is 12.1 Å². The van der Waals surface area contributed by atoms with Crippen molar-refractivity contribution in [2.45, 2.75) is 65.1 Å². The van der Waals surface area contributed by atoms with Crippen LogP contribution in [0.5, 0.6) is 0 Å². The number of allylic oxidation sites excluding steroid dienone is 1. The molecule has 0 saturated heterocycles. The van der Waals surface area contributed by atoms with Crippen molar-refractivity contribution in [3.63, 3.8) is 0 Å². The monoisotopic (exact) mass is 280 g/mol. The molecule has 0 fully saturated rings. The van der Waals surface area contributed by atoms with Gasteiger partial charge in [-0.15, -0.1) is 0 Å². The summed E-state index contributed by atoms with van der Waals surface area (Å²) in [5, 5.41) is 10.4. The molecule has 0 radical (unpaired) electrons. The first-order valence-electron chi connectivity index (χ1n) is 7.48. The van der Waals surface area contributed by atoms with Gasteiger partial charge in [-0.2, -0.15) is 0 Å². The molecule has 0 spiro atoms. The minimum atomic E-state index is -0.858. The summed E-state index contributed by atoms with van der Waals surface area (Å²) in [7, 11) is 0. The summed E-state index contributed by atoms with van der Waals surface area (Å²) < 4.78 is 5.35. The van der Waals surface area contributed by atoms with Crippen LogP contribution in [0.15, 0.2) is 24.3 Å². The smallest absolute Gasteiger partial charge is 0.303 e. The highest BCUT2D eigenvalue weighted by atomic mass is 16.5. The summed E-state index contributed by atoms with van der Waals surface area (Å²) in [6.45, 7) is 11.7. The molecule has 1 aliphatic rings. The van der Waals surface area contributed by atoms with Gasteiger partial charge in [0, 0.05) is 6.92 Å². The van der Waals surface area contributed by atoms with Crippen molar-refractivity contribution in [3.8, 4) is 0 Å². The second kappa shape index (κ2) is 7.07. The molecule has 0 unspecified atom stereocenters. The van der Waals surface area contributed by atoms with Gasteiger partial charge in [0.05, 0.1) is 5.60 Å². The van der Waals surface area contributed by atoms with E-state index in [1.165, 1.54) is 6.92 Å². The molecule has 3 heteroatoms. The van der Waals surface area contributed by atoms with Crippen LogP contribution in [0, 0.1) is 11.8 Å². The molecule has 3 nitrogen and oxygen atoms in total. The quantitative estimate of drug-likeness (QED) is 0.620. The molecular formula is C17H28O3. The maximum Gasteiger partial charge on any atom is 0.303 e. The zero-order chi connectivity index (χ0) is 15.3. The van der Waals surface area contributed by atoms with Gasteiger partial charge in [0.1, 0.15) is 6.10 Å². The van der Waals surface area contributed by atoms with E-state index in [4.69, 9.17) is 4.74 Å². The number of aliphatic hydroxyl groups is 1. The van der Waals surface area contributed by atoms with Gasteiger partial charge >= 0.3 is 5.97 Å². The Hall–Kier alpha value is -1.09. The highest BCUT2D eigenvalue weighted by Crippen LogP contribution is 2.29. The van der Waals surface area contributed by atoms with Crippen molar-refractivity contribution in [3.05, 3.63) is 24.3 Å². The van der Waals surface area contributed by atoms with Gasteiger partial charge in [0.2, 0.25) is 0 Å². The first-order valence-corrected chi connectivity index (χ1v) is 7.48. The van der Waals surface area contributed by atoms with Crippen molar-refractivity contribution in [1.82, 2.24) is 0 Å². The third-order valence-electron chi connectivity index (χ3n) is 4.03. The normalized spacial score (nSPS) is 32.2. The molecular weight excluding hydrogens is 252 g/mol. The number of carbonyl (C=O) groups excluding carboxylic acids is 1. The number of rotatable bonds is 2. The van der Waals surface area contributed by atoms with Crippen LogP contribution in [-0.4, -0.2) is 22.8 Å². The predicted octanol–water partition coefficient (Wildman–Crippen LogP) is 3.63. The van der Waals surface area contributed by atoms with Crippen molar-refractivity contribution < 1.29 is 14.6 Å². The second-order valence-electron chi connectivity index (χ2n) is 6.46. The fraction of sp³-hybridized carbons (Fsp3) is 0.706. The molecule has 0 heterocycles. The van der Waals surface area contributed by atoms with E-state index in [0.717, 1.165) is 18.4 Å². The lowest BCUT2D eigenvalue weighted by Crippen LogP contribution is -2.28. The number of esters is 1. The molecule has 0 bridgehead atoms. The van der Waals surface area contributed by atoms with Crippen molar-refractivity contribution in [2.24, 2.45) is 11.8 Å². The maximum absolute atomic E-state index is 11.2. The minimum Gasteiger partial charge on any atom is -0.458 e. The third kappa shape index (κ3) is 5.49. The van der Waals surface area contributed by atoms with Crippen LogP contribution >= 0.6 is 0 Å². The van der Waals surface area contributed by atoms with Gasteiger partial charge in [0.15, 0.2) is 0 Å². The molecule has 20 heavy (non-hydrogen) atoms. The Bertz CT molecular complexity index is 380. The van der Waals surface area contributed by atoms with E-state index in [1.54, 1.807) is 6.92 Å². The lowest BCUT2D eigenvalue weighted by molar-refractivity contribution is -0.145. The minimum absolute atomic E-state index is 0.279. The molecule has 1 N–H and O–H groups in total. The van der Waals surface area contributed by atoms with Crippen LogP contribution in [0.4, 0.5) is 0 Å². The summed E-state index contributed by atoms with van der Waals surface area (Å²) in [6.07, 6.45) is 6.75. The van der Waals surface area contributed by atoms with Crippen LogP contribution in [0.3, 0.4) is 0 Å². The zero-order valence-electron chi connectivity index (χ0n) is 13.2. The molecule has 3 atom stereocenters. The zero-order valence-corrected chi connectivity index (χ0v) is 13.2. The second-order valence-corrected chi connectivity index (χ2v) is 6.46. The lowest BCUT2D eigenvalue weighted by atomic mass is 9.84. The first kappa shape index (κ1) is 17.0. The van der Waals surface area contributed by atoms with E-state index in [0.29, 0.717) is 24.7 Å². The van der Waals surface area contributed by atoms with Gasteiger partial charge < -0.3 is 9.84 Å². The standard InChI is InChI=1S/C17H28O3/c1-12(2)15-7-6-13(3)16(20-14(4)18)9-11-17(5,19)10-8-15/h8,10,12,15-16,19H,3,6-7,9,11H2,1-2,4-5H3/t15-,16-,17-/m0/s1. The Kier molecular flexibility index (Phi) is 6.00. The highest BCUT2D eigenvalue weighted by molar-refractivity contribution is 5.66. The van der Waals surface area contributed by atoms with E-state index >= 15 is 0 Å². The Morgan fingerprint density at radius 1 is 1.50 bits per heavy atom. The van der Waals surface area contributed by atoms with Crippen molar-refractivity contribution >= 4 is 5.97 Å². The largest absolute Gasteiger partial charge is 0.458 e. The molecule has 0 aromatic rings. The number of carbonyl (C=O) groups is 1. The van der Waals surface area contributed by atoms with Gasteiger partial charge in [-0.3, -0.25) is 4.79 Å². The van der Waals surface area contributed by atoms with Crippen LogP contribution in [0.1, 0.15) is 53.4 Å². The number of hydrogen-bond donors (Lipinski definition) is 1. The Morgan fingerprint density at radius 2 is 2.15 bits per heavy atom. The molecule has 0 aliphatic heterocycles. The summed E-state index contributed by atoms with van der Waals surface area (Å²) in [6, 6.07) is 0. The van der Waals surface area contributed by atoms with E-state index in [2.05, 4.69) is 26.5 Å². The van der Waals surface area contributed by atoms with Crippen LogP contribution in [0.25, 0.3) is 0 Å². The van der Waals surface area contributed by atoms with Crippen LogP contribution < -0.4 is 0 Å². The van der Waals surface area contributed by atoms with Crippen LogP contribution in [-0.2, 0) is 9.53 Å². The number of hydrogen-bond acceptors (Lipinski definition) is 3. The van der Waals surface area contributed by atoms with Gasteiger partial charge in [0.25, 0.3) is 0 Å². The van der Waals surface area contributed by atoms with Crippen molar-refractivity contribution in [2.75, 3.05) is 0 Å². The van der Waals surface area contributed by atoms with E-state index in [1.807, 2.05) is 6.08 Å². The topological polar surface area (TPSA) is 46.5 Å². The fourth-order valence-corrected chi connectivity index (χ4v) is 2.55. The van der Waals surface area contributed by atoms with Gasteiger partial charge in [-0.05, 0) is 50.0 Å². The van der Waals surface area contributed by atoms with Crippen molar-refractivity contribution in [1.29, 1.82) is 0 Å². The summed E-state index contributed by atoms with van der Waals surface area (Å²) >= 11 is 0. The molecule has 0 amide bonds. The molecule has 0 aromatic carbocycles. The lowest BCUT2D eigenvalue weighted by Gasteiger charge is -2.28. The fourth-order valence-electron chi connectivity index (χ4n) is 2.55. The molecule has 114 valence electrons. The van der Waals surface area contributed by atoms with Gasteiger partial charge in [-0.25, -0.2) is 0 Å². The van der Waals surface area contributed by atoms with Crippen LogP contribution in [0.2, 0.25) is 0 Å². The Balaban J connectivity index is 2.89. The molecule has 0 saturated carbocycles. The third-order valence-corrected chi connectivity index (χ3v) is 4.03. The summed E-state index contributed by atoms with van der Waals surface area (Å²) in [5.41, 5.74) is 0.0975. The average molecular weight is 280 g/mol.